The van der Waals surface area contributed by atoms with Gasteiger partial charge < -0.3 is 9.47 Å². The van der Waals surface area contributed by atoms with E-state index in [0.29, 0.717) is 12.4 Å². The van der Waals surface area contributed by atoms with Gasteiger partial charge in [0.2, 0.25) is 0 Å². The van der Waals surface area contributed by atoms with Gasteiger partial charge in [-0.1, -0.05) is 25.5 Å². The number of ether oxygens (including phenoxy) is 2. The first-order valence-electron chi connectivity index (χ1n) is 8.31. The Bertz CT molecular complexity index is 560. The Morgan fingerprint density at radius 1 is 1.08 bits per heavy atom. The summed E-state index contributed by atoms with van der Waals surface area (Å²) in [5, 5.41) is 0. The normalized spacial score (nSPS) is 13.0. The summed E-state index contributed by atoms with van der Waals surface area (Å²) >= 11 is 0. The van der Waals surface area contributed by atoms with Gasteiger partial charge in [0.1, 0.15) is 11.9 Å². The Morgan fingerprint density at radius 2 is 1.71 bits per heavy atom. The highest BCUT2D eigenvalue weighted by atomic mass is 16.5. The van der Waals surface area contributed by atoms with Crippen molar-refractivity contribution >= 4 is 11.8 Å². The maximum atomic E-state index is 12.0. The molecule has 0 aliphatic heterocycles. The molecular formula is C18H28N2O4. The largest absolute Gasteiger partial charge is 0.481 e. The molecule has 0 heterocycles. The predicted octanol–water partition coefficient (Wildman–Crippen LogP) is 2.42. The molecule has 2 unspecified atom stereocenters. The van der Waals surface area contributed by atoms with E-state index in [9.17, 15) is 9.59 Å². The van der Waals surface area contributed by atoms with E-state index in [2.05, 4.69) is 10.9 Å². The van der Waals surface area contributed by atoms with Gasteiger partial charge in [0, 0.05) is 6.61 Å². The van der Waals surface area contributed by atoms with Crippen molar-refractivity contribution in [2.45, 2.75) is 59.7 Å². The Morgan fingerprint density at radius 3 is 2.33 bits per heavy atom. The first-order chi connectivity index (χ1) is 11.4. The topological polar surface area (TPSA) is 76.7 Å². The van der Waals surface area contributed by atoms with Crippen LogP contribution in [-0.2, 0) is 14.3 Å². The van der Waals surface area contributed by atoms with Crippen LogP contribution in [-0.4, -0.2) is 30.6 Å². The minimum Gasteiger partial charge on any atom is -0.481 e. The van der Waals surface area contributed by atoms with Gasteiger partial charge in [0.05, 0.1) is 0 Å². The molecule has 0 spiro atoms. The molecule has 2 amide bonds. The molecular weight excluding hydrogens is 308 g/mol. The monoisotopic (exact) mass is 336 g/mol. The summed E-state index contributed by atoms with van der Waals surface area (Å²) in [5.74, 6) is -0.163. The van der Waals surface area contributed by atoms with Crippen molar-refractivity contribution in [3.63, 3.8) is 0 Å². The molecule has 0 aliphatic carbocycles. The first kappa shape index (κ1) is 20.0. The number of hydrogen-bond donors (Lipinski definition) is 2. The molecule has 2 atom stereocenters. The van der Waals surface area contributed by atoms with E-state index in [1.165, 1.54) is 0 Å². The lowest BCUT2D eigenvalue weighted by Crippen LogP contribution is -2.50. The molecule has 1 rings (SSSR count). The standard InChI is InChI=1S/C18H28N2O4/c1-6-7-11-23-14(4)17(21)19-20-18(22)15(5)24-16-10-8-9-12(2)13(16)3/h8-10,14-15H,6-7,11H2,1-5H3,(H,19,21)(H,20,22). The van der Waals surface area contributed by atoms with Gasteiger partial charge in [-0.3, -0.25) is 20.4 Å². The van der Waals surface area contributed by atoms with Crippen molar-refractivity contribution in [3.05, 3.63) is 29.3 Å². The summed E-state index contributed by atoms with van der Waals surface area (Å²) in [6.07, 6.45) is 0.539. The van der Waals surface area contributed by atoms with Crippen LogP contribution in [0.4, 0.5) is 0 Å². The molecule has 0 aromatic heterocycles. The molecule has 0 saturated heterocycles. The number of nitrogens with one attached hydrogen (secondary N) is 2. The van der Waals surface area contributed by atoms with Crippen LogP contribution >= 0.6 is 0 Å². The number of carbonyl (C=O) groups is 2. The molecule has 24 heavy (non-hydrogen) atoms. The van der Waals surface area contributed by atoms with Crippen LogP contribution in [0.25, 0.3) is 0 Å². The van der Waals surface area contributed by atoms with Crippen LogP contribution in [0.2, 0.25) is 0 Å². The van der Waals surface area contributed by atoms with Crippen LogP contribution in [0.3, 0.4) is 0 Å². The average Bonchev–Trinajstić information content (AvgIpc) is 2.56. The van der Waals surface area contributed by atoms with Crippen LogP contribution < -0.4 is 15.6 Å². The minimum atomic E-state index is -0.734. The summed E-state index contributed by atoms with van der Waals surface area (Å²) in [4.78, 5) is 23.9. The Hall–Kier alpha value is -2.08. The highest BCUT2D eigenvalue weighted by Crippen LogP contribution is 2.21. The smallest absolute Gasteiger partial charge is 0.279 e. The average molecular weight is 336 g/mol. The van der Waals surface area contributed by atoms with E-state index in [0.717, 1.165) is 24.0 Å². The summed E-state index contributed by atoms with van der Waals surface area (Å²) in [6, 6.07) is 5.67. The molecule has 6 nitrogen and oxygen atoms in total. The summed E-state index contributed by atoms with van der Waals surface area (Å²) in [5.41, 5.74) is 6.80. The number of aryl methyl sites for hydroxylation is 1. The van der Waals surface area contributed by atoms with Crippen molar-refractivity contribution in [2.75, 3.05) is 6.61 Å². The molecule has 0 radical (unpaired) electrons. The SMILES string of the molecule is CCCCOC(C)C(=O)NNC(=O)C(C)Oc1cccc(C)c1C. The number of hydrogen-bond acceptors (Lipinski definition) is 4. The highest BCUT2D eigenvalue weighted by molar-refractivity contribution is 5.86. The van der Waals surface area contributed by atoms with E-state index in [1.807, 2.05) is 39.0 Å². The number of rotatable bonds is 8. The maximum absolute atomic E-state index is 12.0. The van der Waals surface area contributed by atoms with Gasteiger partial charge in [-0.05, 0) is 51.3 Å². The fraction of sp³-hybridized carbons (Fsp3) is 0.556. The first-order valence-corrected chi connectivity index (χ1v) is 8.31. The Kier molecular flexibility index (Phi) is 8.26. The molecule has 0 bridgehead atoms. The molecule has 6 heteroatoms. The van der Waals surface area contributed by atoms with Gasteiger partial charge in [-0.15, -0.1) is 0 Å². The van der Waals surface area contributed by atoms with Crippen molar-refractivity contribution in [3.8, 4) is 5.75 Å². The van der Waals surface area contributed by atoms with Crippen LogP contribution in [0, 0.1) is 13.8 Å². The zero-order valence-corrected chi connectivity index (χ0v) is 15.1. The fourth-order valence-electron chi connectivity index (χ4n) is 1.90. The lowest BCUT2D eigenvalue weighted by Gasteiger charge is -2.18. The van der Waals surface area contributed by atoms with Gasteiger partial charge in [-0.25, -0.2) is 0 Å². The number of carbonyl (C=O) groups excluding carboxylic acids is 2. The molecule has 2 N–H and O–H groups in total. The second-order valence-electron chi connectivity index (χ2n) is 5.80. The fourth-order valence-corrected chi connectivity index (χ4v) is 1.90. The molecule has 0 saturated carbocycles. The maximum Gasteiger partial charge on any atom is 0.279 e. The highest BCUT2D eigenvalue weighted by Gasteiger charge is 2.18. The number of hydrazine groups is 1. The van der Waals surface area contributed by atoms with E-state index in [-0.39, 0.29) is 0 Å². The lowest BCUT2D eigenvalue weighted by atomic mass is 10.1. The van der Waals surface area contributed by atoms with Gasteiger partial charge in [0.15, 0.2) is 6.10 Å². The number of unbranched alkanes of at least 4 members (excludes halogenated alkanes) is 1. The zero-order valence-electron chi connectivity index (χ0n) is 15.1. The molecule has 0 aliphatic rings. The van der Waals surface area contributed by atoms with Crippen molar-refractivity contribution in [1.82, 2.24) is 10.9 Å². The van der Waals surface area contributed by atoms with E-state index in [4.69, 9.17) is 9.47 Å². The number of benzene rings is 1. The molecule has 0 fully saturated rings. The third-order valence-electron chi connectivity index (χ3n) is 3.77. The van der Waals surface area contributed by atoms with Gasteiger partial charge in [0.25, 0.3) is 11.8 Å². The van der Waals surface area contributed by atoms with Crippen molar-refractivity contribution in [1.29, 1.82) is 0 Å². The molecule has 134 valence electrons. The van der Waals surface area contributed by atoms with Crippen molar-refractivity contribution < 1.29 is 19.1 Å². The van der Waals surface area contributed by atoms with Gasteiger partial charge in [-0.2, -0.15) is 0 Å². The second-order valence-corrected chi connectivity index (χ2v) is 5.80. The van der Waals surface area contributed by atoms with Crippen LogP contribution in [0.15, 0.2) is 18.2 Å². The Balaban J connectivity index is 2.44. The minimum absolute atomic E-state index is 0.390. The van der Waals surface area contributed by atoms with Crippen LogP contribution in [0.1, 0.15) is 44.7 Å². The zero-order chi connectivity index (χ0) is 18.1. The molecule has 1 aromatic carbocycles. The second kappa shape index (κ2) is 9.93. The van der Waals surface area contributed by atoms with Crippen LogP contribution in [0.5, 0.6) is 5.75 Å². The predicted molar refractivity (Wildman–Crippen MR) is 92.6 cm³/mol. The van der Waals surface area contributed by atoms with E-state index in [1.54, 1.807) is 13.8 Å². The quantitative estimate of drug-likeness (QED) is 0.565. The third kappa shape index (κ3) is 6.20. The Labute approximate surface area is 143 Å². The third-order valence-corrected chi connectivity index (χ3v) is 3.77. The van der Waals surface area contributed by atoms with E-state index >= 15 is 0 Å². The summed E-state index contributed by atoms with van der Waals surface area (Å²) in [6.45, 7) is 9.76. The lowest BCUT2D eigenvalue weighted by molar-refractivity contribution is -0.138. The van der Waals surface area contributed by atoms with Gasteiger partial charge >= 0.3 is 0 Å². The summed E-state index contributed by atoms with van der Waals surface area (Å²) in [7, 11) is 0. The number of amides is 2. The molecule has 1 aromatic rings. The summed E-state index contributed by atoms with van der Waals surface area (Å²) < 4.78 is 11.0. The van der Waals surface area contributed by atoms with Crippen molar-refractivity contribution in [2.24, 2.45) is 0 Å². The van der Waals surface area contributed by atoms with E-state index < -0.39 is 24.0 Å².